The third kappa shape index (κ3) is 2.49. The number of halogens is 7. The van der Waals surface area contributed by atoms with Crippen LogP contribution in [-0.4, -0.2) is 30.3 Å². The smallest absolute Gasteiger partial charge is 0.344 e. The highest BCUT2D eigenvalue weighted by molar-refractivity contribution is 7.87. The summed E-state index contributed by atoms with van der Waals surface area (Å²) in [5.74, 6) is -6.85. The maximum Gasteiger partial charge on any atom is 0.461 e. The molecule has 0 saturated carbocycles. The van der Waals surface area contributed by atoms with E-state index in [0.717, 1.165) is 0 Å². The molecule has 0 saturated heterocycles. The average Bonchev–Trinajstić information content (AvgIpc) is 1.81. The average molecular weight is 267 g/mol. The van der Waals surface area contributed by atoms with Crippen molar-refractivity contribution < 1.29 is 43.7 Å². The Morgan fingerprint density at radius 2 is 1.13 bits per heavy atom. The Bertz CT molecular complexity index is 319. The molecule has 0 fully saturated rings. The lowest BCUT2D eigenvalue weighted by molar-refractivity contribution is -0.333. The molecule has 4 N–H and O–H groups in total. The first kappa shape index (κ1) is 16.8. The first-order valence-electron chi connectivity index (χ1n) is 2.54. The predicted molar refractivity (Wildman–Crippen MR) is 32.5 cm³/mol. The van der Waals surface area contributed by atoms with E-state index < -0.39 is 27.5 Å². The van der Waals surface area contributed by atoms with Crippen LogP contribution in [0.1, 0.15) is 0 Å². The van der Waals surface area contributed by atoms with Crippen molar-refractivity contribution >= 4 is 10.1 Å². The molecule has 0 rings (SSSR count). The van der Waals surface area contributed by atoms with Crippen LogP contribution in [0.4, 0.5) is 30.7 Å². The van der Waals surface area contributed by atoms with Crippen molar-refractivity contribution in [3.63, 3.8) is 0 Å². The van der Waals surface area contributed by atoms with Crippen molar-refractivity contribution in [1.29, 1.82) is 0 Å². The van der Waals surface area contributed by atoms with Gasteiger partial charge in [0.15, 0.2) is 0 Å². The zero-order valence-electron chi connectivity index (χ0n) is 6.52. The highest BCUT2D eigenvalue weighted by Crippen LogP contribution is 2.48. The van der Waals surface area contributed by atoms with Crippen molar-refractivity contribution in [3.05, 3.63) is 0 Å². The monoisotopic (exact) mass is 267 g/mol. The molecule has 0 aliphatic rings. The largest absolute Gasteiger partial charge is 0.461 e. The normalized spacial score (nSPS) is 14.7. The lowest BCUT2D eigenvalue weighted by atomic mass is 10.3. The van der Waals surface area contributed by atoms with Crippen LogP contribution in [0.5, 0.6) is 0 Å². The van der Waals surface area contributed by atoms with Gasteiger partial charge in [0.1, 0.15) is 0 Å². The molecule has 0 atom stereocenters. The molecule has 0 spiro atoms. The van der Waals surface area contributed by atoms with E-state index in [0.29, 0.717) is 0 Å². The molecule has 12 heteroatoms. The third-order valence-corrected chi connectivity index (χ3v) is 1.95. The molecule has 0 heterocycles. The Hall–Kier alpha value is -0.620. The molecule has 0 amide bonds. The maximum absolute atomic E-state index is 11.9. The van der Waals surface area contributed by atoms with Gasteiger partial charge in [-0.15, -0.1) is 0 Å². The van der Waals surface area contributed by atoms with Crippen LogP contribution >= 0.6 is 0 Å². The van der Waals surface area contributed by atoms with Gasteiger partial charge >= 0.3 is 27.5 Å². The SMILES string of the molecule is N.O=S(=O)(O)C(F)(F)C(F)(F)C(F)(F)F. The van der Waals surface area contributed by atoms with Gasteiger partial charge in [0.2, 0.25) is 0 Å². The Balaban J connectivity index is 0. The molecule has 0 radical (unpaired) electrons. The van der Waals surface area contributed by atoms with E-state index in [9.17, 15) is 39.2 Å². The summed E-state index contributed by atoms with van der Waals surface area (Å²) in [7, 11) is -6.85. The number of hydrogen-bond acceptors (Lipinski definition) is 3. The van der Waals surface area contributed by atoms with Gasteiger partial charge in [-0.25, -0.2) is 0 Å². The molecule has 0 aliphatic carbocycles. The summed E-state index contributed by atoms with van der Waals surface area (Å²) in [4.78, 5) is 0. The molecular weight excluding hydrogens is 263 g/mol. The Labute approximate surface area is 78.4 Å². The Morgan fingerprint density at radius 1 is 0.867 bits per heavy atom. The zero-order chi connectivity index (χ0) is 12.0. The van der Waals surface area contributed by atoms with E-state index in [1.54, 1.807) is 0 Å². The van der Waals surface area contributed by atoms with Crippen molar-refractivity contribution in [1.82, 2.24) is 6.15 Å². The minimum atomic E-state index is -6.85. The van der Waals surface area contributed by atoms with Crippen LogP contribution < -0.4 is 6.15 Å². The van der Waals surface area contributed by atoms with Crippen LogP contribution in [0, 0.1) is 0 Å². The minimum absolute atomic E-state index is 0. The summed E-state index contributed by atoms with van der Waals surface area (Å²) in [6.07, 6.45) is -6.79. The van der Waals surface area contributed by atoms with E-state index in [-0.39, 0.29) is 6.15 Å². The van der Waals surface area contributed by atoms with E-state index in [4.69, 9.17) is 4.55 Å². The third-order valence-electron chi connectivity index (χ3n) is 1.05. The fourth-order valence-electron chi connectivity index (χ4n) is 0.327. The summed E-state index contributed by atoms with van der Waals surface area (Å²) >= 11 is 0. The summed E-state index contributed by atoms with van der Waals surface area (Å²) in [6, 6.07) is 0. The fraction of sp³-hybridized carbons (Fsp3) is 1.00. The van der Waals surface area contributed by atoms with Crippen molar-refractivity contribution in [2.75, 3.05) is 0 Å². The molecule has 94 valence electrons. The molecule has 15 heavy (non-hydrogen) atoms. The van der Waals surface area contributed by atoms with Crippen LogP contribution in [0.3, 0.4) is 0 Å². The zero-order valence-corrected chi connectivity index (χ0v) is 7.34. The van der Waals surface area contributed by atoms with Crippen molar-refractivity contribution in [3.8, 4) is 0 Å². The first-order chi connectivity index (χ1) is 5.75. The topological polar surface area (TPSA) is 89.4 Å². The lowest BCUT2D eigenvalue weighted by Gasteiger charge is -2.25. The summed E-state index contributed by atoms with van der Waals surface area (Å²) in [5, 5.41) is -6.61. The van der Waals surface area contributed by atoms with Crippen molar-refractivity contribution in [2.45, 2.75) is 17.4 Å². The van der Waals surface area contributed by atoms with Crippen molar-refractivity contribution in [2.24, 2.45) is 0 Å². The predicted octanol–water partition coefficient (Wildman–Crippen LogP) is 1.83. The summed E-state index contributed by atoms with van der Waals surface area (Å²) in [6.45, 7) is 0. The Morgan fingerprint density at radius 3 is 1.20 bits per heavy atom. The van der Waals surface area contributed by atoms with Crippen LogP contribution in [0.25, 0.3) is 0 Å². The van der Waals surface area contributed by atoms with E-state index in [1.165, 1.54) is 0 Å². The lowest BCUT2D eigenvalue weighted by Crippen LogP contribution is -2.55. The fourth-order valence-corrected chi connectivity index (χ4v) is 0.767. The minimum Gasteiger partial charge on any atom is -0.344 e. The van der Waals surface area contributed by atoms with Crippen LogP contribution in [-0.2, 0) is 10.1 Å². The summed E-state index contributed by atoms with van der Waals surface area (Å²) < 4.78 is 108. The maximum atomic E-state index is 11.9. The Kier molecular flexibility index (Phi) is 4.20. The second-order valence-electron chi connectivity index (χ2n) is 2.06. The molecule has 0 aromatic heterocycles. The highest BCUT2D eigenvalue weighted by Gasteiger charge is 2.78. The quantitative estimate of drug-likeness (QED) is 0.590. The molecule has 4 nitrogen and oxygen atoms in total. The van der Waals surface area contributed by atoms with Gasteiger partial charge in [-0.1, -0.05) is 0 Å². The van der Waals surface area contributed by atoms with Gasteiger partial charge < -0.3 is 6.15 Å². The van der Waals surface area contributed by atoms with Crippen LogP contribution in [0.2, 0.25) is 0 Å². The number of alkyl halides is 7. The second kappa shape index (κ2) is 3.75. The highest BCUT2D eigenvalue weighted by atomic mass is 32.2. The van der Waals surface area contributed by atoms with Gasteiger partial charge in [-0.05, 0) is 0 Å². The van der Waals surface area contributed by atoms with E-state index >= 15 is 0 Å². The standard InChI is InChI=1S/C3HF7O3S.H3N/c4-1(5,2(6,7)8)3(9,10)14(11,12)13;/h(H,11,12,13);1H3. The molecule has 0 unspecified atom stereocenters. The van der Waals surface area contributed by atoms with Gasteiger partial charge in [0.05, 0.1) is 0 Å². The molecule has 0 bridgehead atoms. The first-order valence-corrected chi connectivity index (χ1v) is 3.98. The molecule has 0 aliphatic heterocycles. The molecule has 0 aromatic carbocycles. The van der Waals surface area contributed by atoms with Gasteiger partial charge in [0.25, 0.3) is 0 Å². The molecular formula is C3H4F7NO3S. The van der Waals surface area contributed by atoms with Gasteiger partial charge in [-0.2, -0.15) is 39.2 Å². The number of rotatable bonds is 2. The number of hydrogen-bond donors (Lipinski definition) is 2. The van der Waals surface area contributed by atoms with Gasteiger partial charge in [0, 0.05) is 0 Å². The van der Waals surface area contributed by atoms with E-state index in [2.05, 4.69) is 0 Å². The van der Waals surface area contributed by atoms with E-state index in [1.807, 2.05) is 0 Å². The van der Waals surface area contributed by atoms with Crippen LogP contribution in [0.15, 0.2) is 0 Å². The van der Waals surface area contributed by atoms with Gasteiger partial charge in [-0.3, -0.25) is 4.55 Å². The summed E-state index contributed by atoms with van der Waals surface area (Å²) in [5.41, 5.74) is 0. The molecule has 0 aromatic rings. The second-order valence-corrected chi connectivity index (χ2v) is 3.53.